The van der Waals surface area contributed by atoms with Gasteiger partial charge in [0, 0.05) is 6.04 Å². The van der Waals surface area contributed by atoms with Gasteiger partial charge in [-0.25, -0.2) is 0 Å². The number of hydrogen-bond acceptors (Lipinski definition) is 2. The molecule has 1 rings (SSSR count). The van der Waals surface area contributed by atoms with Gasteiger partial charge in [0.2, 0.25) is 0 Å². The summed E-state index contributed by atoms with van der Waals surface area (Å²) in [4.78, 5) is 0. The summed E-state index contributed by atoms with van der Waals surface area (Å²) in [6, 6.07) is 0.115. The first-order valence-corrected chi connectivity index (χ1v) is 4.98. The highest BCUT2D eigenvalue weighted by Gasteiger charge is 2.41. The lowest BCUT2D eigenvalue weighted by atomic mass is 9.79. The predicted molar refractivity (Wildman–Crippen MR) is 48.3 cm³/mol. The first kappa shape index (κ1) is 11.8. The van der Waals surface area contributed by atoms with Crippen LogP contribution in [0.5, 0.6) is 0 Å². The molecule has 1 saturated carbocycles. The Morgan fingerprint density at radius 1 is 1.21 bits per heavy atom. The van der Waals surface area contributed by atoms with Gasteiger partial charge in [-0.3, -0.25) is 11.3 Å². The zero-order valence-corrected chi connectivity index (χ0v) is 8.27. The van der Waals surface area contributed by atoms with Crippen molar-refractivity contribution >= 4 is 0 Å². The van der Waals surface area contributed by atoms with E-state index in [-0.39, 0.29) is 18.9 Å². The van der Waals surface area contributed by atoms with Gasteiger partial charge in [-0.15, -0.1) is 0 Å². The summed E-state index contributed by atoms with van der Waals surface area (Å²) in [6.07, 6.45) is -2.27. The Hall–Kier alpha value is -0.290. The van der Waals surface area contributed by atoms with E-state index in [0.717, 1.165) is 0 Å². The van der Waals surface area contributed by atoms with Crippen LogP contribution >= 0.6 is 0 Å². The third kappa shape index (κ3) is 2.85. The highest BCUT2D eigenvalue weighted by atomic mass is 19.4. The Balaban J connectivity index is 2.39. The Kier molecular flexibility index (Phi) is 3.78. The van der Waals surface area contributed by atoms with Crippen molar-refractivity contribution in [2.75, 3.05) is 0 Å². The van der Waals surface area contributed by atoms with Crippen molar-refractivity contribution < 1.29 is 13.2 Å². The second-order valence-corrected chi connectivity index (χ2v) is 4.11. The second kappa shape index (κ2) is 4.49. The normalized spacial score (nSPS) is 31.5. The molecule has 14 heavy (non-hydrogen) atoms. The minimum Gasteiger partial charge on any atom is -0.271 e. The van der Waals surface area contributed by atoms with Gasteiger partial charge in [0.15, 0.2) is 0 Å². The molecule has 1 aliphatic carbocycles. The smallest absolute Gasteiger partial charge is 0.271 e. The van der Waals surface area contributed by atoms with Crippen LogP contribution < -0.4 is 11.3 Å². The highest BCUT2D eigenvalue weighted by molar-refractivity contribution is 4.81. The number of nitrogens with one attached hydrogen (secondary N) is 1. The topological polar surface area (TPSA) is 38.0 Å². The van der Waals surface area contributed by atoms with E-state index in [9.17, 15) is 13.2 Å². The Morgan fingerprint density at radius 2 is 1.71 bits per heavy atom. The van der Waals surface area contributed by atoms with Crippen LogP contribution in [0.2, 0.25) is 0 Å². The quantitative estimate of drug-likeness (QED) is 0.541. The van der Waals surface area contributed by atoms with Crippen LogP contribution in [0, 0.1) is 11.8 Å². The molecule has 0 aromatic carbocycles. The molecule has 5 heteroatoms. The van der Waals surface area contributed by atoms with Gasteiger partial charge < -0.3 is 0 Å². The number of alkyl halides is 3. The van der Waals surface area contributed by atoms with Crippen molar-refractivity contribution in [1.82, 2.24) is 5.43 Å². The zero-order valence-electron chi connectivity index (χ0n) is 8.27. The highest BCUT2D eigenvalue weighted by Crippen LogP contribution is 2.40. The fourth-order valence-electron chi connectivity index (χ4n) is 2.08. The predicted octanol–water partition coefficient (Wildman–Crippen LogP) is 2.21. The summed E-state index contributed by atoms with van der Waals surface area (Å²) in [5, 5.41) is 0. The average molecular weight is 210 g/mol. The third-order valence-corrected chi connectivity index (χ3v) is 3.20. The molecular weight excluding hydrogens is 193 g/mol. The van der Waals surface area contributed by atoms with Gasteiger partial charge in [-0.1, -0.05) is 0 Å². The van der Waals surface area contributed by atoms with Gasteiger partial charge in [0.05, 0.1) is 5.92 Å². The SMILES string of the molecule is CC(NN)C1CCC(C(F)(F)F)CC1. The number of halogens is 3. The van der Waals surface area contributed by atoms with Crippen LogP contribution in [-0.4, -0.2) is 12.2 Å². The monoisotopic (exact) mass is 210 g/mol. The molecule has 0 aromatic heterocycles. The minimum atomic E-state index is -4.01. The zero-order chi connectivity index (χ0) is 10.8. The molecule has 0 saturated heterocycles. The molecule has 0 heterocycles. The molecule has 0 radical (unpaired) electrons. The van der Waals surface area contributed by atoms with Crippen molar-refractivity contribution in [3.8, 4) is 0 Å². The lowest BCUT2D eigenvalue weighted by molar-refractivity contribution is -0.184. The minimum absolute atomic E-state index is 0.115. The van der Waals surface area contributed by atoms with Gasteiger partial charge >= 0.3 is 6.18 Å². The lowest BCUT2D eigenvalue weighted by Gasteiger charge is -2.32. The molecule has 0 amide bonds. The molecule has 1 unspecified atom stereocenters. The van der Waals surface area contributed by atoms with E-state index in [2.05, 4.69) is 5.43 Å². The van der Waals surface area contributed by atoms with Crippen LogP contribution in [0.1, 0.15) is 32.6 Å². The van der Waals surface area contributed by atoms with Crippen molar-refractivity contribution in [1.29, 1.82) is 0 Å². The van der Waals surface area contributed by atoms with E-state index in [0.29, 0.717) is 18.8 Å². The van der Waals surface area contributed by atoms with Gasteiger partial charge in [0.25, 0.3) is 0 Å². The van der Waals surface area contributed by atoms with E-state index in [1.807, 2.05) is 6.92 Å². The molecule has 1 fully saturated rings. The summed E-state index contributed by atoms with van der Waals surface area (Å²) in [7, 11) is 0. The van der Waals surface area contributed by atoms with Crippen molar-refractivity contribution in [3.63, 3.8) is 0 Å². The average Bonchev–Trinajstić information content (AvgIpc) is 2.15. The summed E-state index contributed by atoms with van der Waals surface area (Å²) in [6.45, 7) is 1.92. The van der Waals surface area contributed by atoms with E-state index in [4.69, 9.17) is 5.84 Å². The molecule has 2 nitrogen and oxygen atoms in total. The van der Waals surface area contributed by atoms with Crippen LogP contribution in [0.25, 0.3) is 0 Å². The number of rotatable bonds is 2. The lowest BCUT2D eigenvalue weighted by Crippen LogP contribution is -2.41. The third-order valence-electron chi connectivity index (χ3n) is 3.20. The maximum Gasteiger partial charge on any atom is 0.391 e. The largest absolute Gasteiger partial charge is 0.391 e. The Labute approximate surface area is 82.0 Å². The van der Waals surface area contributed by atoms with Crippen molar-refractivity contribution in [2.24, 2.45) is 17.7 Å². The van der Waals surface area contributed by atoms with E-state index >= 15 is 0 Å². The fraction of sp³-hybridized carbons (Fsp3) is 1.00. The molecule has 1 atom stereocenters. The van der Waals surface area contributed by atoms with Gasteiger partial charge in [-0.2, -0.15) is 13.2 Å². The number of hydrogen-bond donors (Lipinski definition) is 2. The standard InChI is InChI=1S/C9H17F3N2/c1-6(14-13)7-2-4-8(5-3-7)9(10,11)12/h6-8,14H,2-5,13H2,1H3. The van der Waals surface area contributed by atoms with Crippen LogP contribution in [0.15, 0.2) is 0 Å². The van der Waals surface area contributed by atoms with Crippen LogP contribution in [-0.2, 0) is 0 Å². The number of nitrogens with two attached hydrogens (primary N) is 1. The molecular formula is C9H17F3N2. The fourth-order valence-corrected chi connectivity index (χ4v) is 2.08. The molecule has 3 N–H and O–H groups in total. The summed E-state index contributed by atoms with van der Waals surface area (Å²) >= 11 is 0. The number of hydrazine groups is 1. The first-order chi connectivity index (χ1) is 6.45. The molecule has 0 spiro atoms. The molecule has 0 aliphatic heterocycles. The Bertz CT molecular complexity index is 173. The summed E-state index contributed by atoms with van der Waals surface area (Å²) in [5.41, 5.74) is 2.61. The van der Waals surface area contributed by atoms with Crippen molar-refractivity contribution in [2.45, 2.75) is 44.8 Å². The van der Waals surface area contributed by atoms with E-state index in [1.54, 1.807) is 0 Å². The summed E-state index contributed by atoms with van der Waals surface area (Å²) in [5.74, 6) is 4.45. The molecule has 1 aliphatic rings. The second-order valence-electron chi connectivity index (χ2n) is 4.11. The van der Waals surface area contributed by atoms with Gasteiger partial charge in [-0.05, 0) is 38.5 Å². The summed E-state index contributed by atoms with van der Waals surface area (Å²) < 4.78 is 36.9. The maximum absolute atomic E-state index is 12.3. The molecule has 0 bridgehead atoms. The Morgan fingerprint density at radius 3 is 2.07 bits per heavy atom. The van der Waals surface area contributed by atoms with Gasteiger partial charge in [0.1, 0.15) is 0 Å². The van der Waals surface area contributed by atoms with Crippen LogP contribution in [0.4, 0.5) is 13.2 Å². The van der Waals surface area contributed by atoms with E-state index in [1.165, 1.54) is 0 Å². The van der Waals surface area contributed by atoms with Crippen molar-refractivity contribution in [3.05, 3.63) is 0 Å². The molecule has 0 aromatic rings. The molecule has 84 valence electrons. The van der Waals surface area contributed by atoms with E-state index < -0.39 is 12.1 Å². The maximum atomic E-state index is 12.3. The first-order valence-electron chi connectivity index (χ1n) is 4.98. The van der Waals surface area contributed by atoms with Crippen LogP contribution in [0.3, 0.4) is 0 Å².